The zero-order valence-corrected chi connectivity index (χ0v) is 9.50. The number of benzene rings is 1. The summed E-state index contributed by atoms with van der Waals surface area (Å²) in [5, 5.41) is 14.6. The average Bonchev–Trinajstić information content (AvgIpc) is 2.22. The molecule has 4 N–H and O–H groups in total. The number of amidine groups is 1. The predicted octanol–water partition coefficient (Wildman–Crippen LogP) is 2.42. The van der Waals surface area contributed by atoms with Gasteiger partial charge in [0.25, 0.3) is 0 Å². The third-order valence-electron chi connectivity index (χ3n) is 1.98. The lowest BCUT2D eigenvalue weighted by Crippen LogP contribution is -2.24. The van der Waals surface area contributed by atoms with Crippen molar-refractivity contribution in [3.8, 4) is 0 Å². The van der Waals surface area contributed by atoms with E-state index in [0.29, 0.717) is 17.1 Å². The molecule has 0 saturated heterocycles. The Morgan fingerprint density at radius 3 is 2.94 bits per heavy atom. The molecule has 16 heavy (non-hydrogen) atoms. The van der Waals surface area contributed by atoms with Gasteiger partial charge in [-0.1, -0.05) is 16.8 Å². The summed E-state index contributed by atoms with van der Waals surface area (Å²) in [6.45, 7) is 1.84. The first kappa shape index (κ1) is 12.6. The molecule has 88 valence electrons. The van der Waals surface area contributed by atoms with Gasteiger partial charge in [0.2, 0.25) is 0 Å². The smallest absolute Gasteiger partial charge is 0.141 e. The van der Waals surface area contributed by atoms with Crippen molar-refractivity contribution in [2.45, 2.75) is 19.4 Å². The van der Waals surface area contributed by atoms with Crippen LogP contribution in [0.3, 0.4) is 0 Å². The standard InChI is InChI=1S/C10H13ClFN3O/c1-6(4-10(13)15-16)14-9-3-2-7(12)5-8(9)11/h2-3,5-6,14,16H,4H2,1H3,(H2,13,15). The molecule has 0 radical (unpaired) electrons. The highest BCUT2D eigenvalue weighted by molar-refractivity contribution is 6.33. The summed E-state index contributed by atoms with van der Waals surface area (Å²) in [6.07, 6.45) is 0.365. The van der Waals surface area contributed by atoms with E-state index in [4.69, 9.17) is 22.5 Å². The summed E-state index contributed by atoms with van der Waals surface area (Å²) in [5.41, 5.74) is 5.97. The molecule has 0 aliphatic rings. The molecule has 0 amide bonds. The van der Waals surface area contributed by atoms with Crippen LogP contribution in [0.15, 0.2) is 23.4 Å². The van der Waals surface area contributed by atoms with Crippen molar-refractivity contribution in [1.29, 1.82) is 0 Å². The van der Waals surface area contributed by atoms with Crippen molar-refractivity contribution in [2.75, 3.05) is 5.32 Å². The number of nitrogens with two attached hydrogens (primary N) is 1. The fourth-order valence-corrected chi connectivity index (χ4v) is 1.50. The first-order valence-corrected chi connectivity index (χ1v) is 5.08. The van der Waals surface area contributed by atoms with Gasteiger partial charge in [0.15, 0.2) is 0 Å². The number of hydrogen-bond donors (Lipinski definition) is 3. The molecular weight excluding hydrogens is 233 g/mol. The van der Waals surface area contributed by atoms with Gasteiger partial charge in [0.1, 0.15) is 11.7 Å². The zero-order chi connectivity index (χ0) is 12.1. The van der Waals surface area contributed by atoms with E-state index in [1.54, 1.807) is 6.07 Å². The molecule has 6 heteroatoms. The van der Waals surface area contributed by atoms with E-state index in [0.717, 1.165) is 0 Å². The highest BCUT2D eigenvalue weighted by atomic mass is 35.5. The van der Waals surface area contributed by atoms with Gasteiger partial charge in [-0.25, -0.2) is 4.39 Å². The van der Waals surface area contributed by atoms with Crippen LogP contribution in [-0.4, -0.2) is 17.1 Å². The van der Waals surface area contributed by atoms with Crippen LogP contribution in [-0.2, 0) is 0 Å². The maximum absolute atomic E-state index is 12.8. The van der Waals surface area contributed by atoms with Crippen molar-refractivity contribution in [2.24, 2.45) is 10.9 Å². The molecule has 1 aromatic rings. The van der Waals surface area contributed by atoms with Crippen LogP contribution in [0, 0.1) is 5.82 Å². The summed E-state index contributed by atoms with van der Waals surface area (Å²) >= 11 is 5.83. The number of rotatable bonds is 4. The van der Waals surface area contributed by atoms with Crippen molar-refractivity contribution in [3.63, 3.8) is 0 Å². The van der Waals surface area contributed by atoms with Crippen LogP contribution in [0.2, 0.25) is 5.02 Å². The van der Waals surface area contributed by atoms with Gasteiger partial charge >= 0.3 is 0 Å². The highest BCUT2D eigenvalue weighted by Gasteiger charge is 2.08. The van der Waals surface area contributed by atoms with Crippen molar-refractivity contribution in [3.05, 3.63) is 29.0 Å². The van der Waals surface area contributed by atoms with E-state index in [1.165, 1.54) is 12.1 Å². The second-order valence-corrected chi connectivity index (χ2v) is 3.87. The Kier molecular flexibility index (Phi) is 4.37. The van der Waals surface area contributed by atoms with E-state index >= 15 is 0 Å². The number of anilines is 1. The molecule has 0 spiro atoms. The van der Waals surface area contributed by atoms with E-state index in [-0.39, 0.29) is 17.7 Å². The third kappa shape index (κ3) is 3.58. The zero-order valence-electron chi connectivity index (χ0n) is 8.74. The van der Waals surface area contributed by atoms with E-state index in [2.05, 4.69) is 10.5 Å². The van der Waals surface area contributed by atoms with Crippen LogP contribution in [0.4, 0.5) is 10.1 Å². The van der Waals surface area contributed by atoms with E-state index in [1.807, 2.05) is 6.92 Å². The Balaban J connectivity index is 2.66. The van der Waals surface area contributed by atoms with Crippen molar-refractivity contribution >= 4 is 23.1 Å². The van der Waals surface area contributed by atoms with Crippen LogP contribution < -0.4 is 11.1 Å². The predicted molar refractivity (Wildman–Crippen MR) is 62.5 cm³/mol. The maximum atomic E-state index is 12.8. The van der Waals surface area contributed by atoms with Crippen molar-refractivity contribution < 1.29 is 9.60 Å². The third-order valence-corrected chi connectivity index (χ3v) is 2.29. The second kappa shape index (κ2) is 5.55. The van der Waals surface area contributed by atoms with Crippen molar-refractivity contribution in [1.82, 2.24) is 0 Å². The SMILES string of the molecule is CC(CC(N)=NO)Nc1ccc(F)cc1Cl. The monoisotopic (exact) mass is 245 g/mol. The largest absolute Gasteiger partial charge is 0.409 e. The normalized spacial score (nSPS) is 13.6. The Bertz CT molecular complexity index is 398. The molecule has 1 aromatic carbocycles. The summed E-state index contributed by atoms with van der Waals surface area (Å²) in [6, 6.07) is 4.00. The average molecular weight is 246 g/mol. The van der Waals surface area contributed by atoms with Gasteiger partial charge in [-0.2, -0.15) is 0 Å². The van der Waals surface area contributed by atoms with Gasteiger partial charge in [0, 0.05) is 12.5 Å². The Morgan fingerprint density at radius 1 is 1.69 bits per heavy atom. The topological polar surface area (TPSA) is 70.6 Å². The number of halogens is 2. The van der Waals surface area contributed by atoms with Gasteiger partial charge in [-0.3, -0.25) is 0 Å². The second-order valence-electron chi connectivity index (χ2n) is 3.47. The highest BCUT2D eigenvalue weighted by Crippen LogP contribution is 2.23. The number of nitrogens with zero attached hydrogens (tertiary/aromatic N) is 1. The first-order valence-electron chi connectivity index (χ1n) is 4.71. The van der Waals surface area contributed by atoms with Crippen LogP contribution in [0.25, 0.3) is 0 Å². The fourth-order valence-electron chi connectivity index (χ4n) is 1.28. The molecular formula is C10H13ClFN3O. The lowest BCUT2D eigenvalue weighted by molar-refractivity contribution is 0.316. The van der Waals surface area contributed by atoms with Gasteiger partial charge in [0.05, 0.1) is 10.7 Å². The van der Waals surface area contributed by atoms with E-state index < -0.39 is 0 Å². The quantitative estimate of drug-likeness (QED) is 0.330. The number of hydrogen-bond acceptors (Lipinski definition) is 3. The summed E-state index contributed by atoms with van der Waals surface area (Å²) in [5.74, 6) is -0.266. The first-order chi connectivity index (χ1) is 7.52. The molecule has 4 nitrogen and oxygen atoms in total. The minimum Gasteiger partial charge on any atom is -0.409 e. The molecule has 0 fully saturated rings. The Morgan fingerprint density at radius 2 is 2.38 bits per heavy atom. The Labute approximate surface area is 97.9 Å². The molecule has 0 heterocycles. The molecule has 0 bridgehead atoms. The number of nitrogens with one attached hydrogen (secondary N) is 1. The molecule has 1 unspecified atom stereocenters. The summed E-state index contributed by atoms with van der Waals surface area (Å²) in [4.78, 5) is 0. The maximum Gasteiger partial charge on any atom is 0.141 e. The molecule has 1 rings (SSSR count). The summed E-state index contributed by atoms with van der Waals surface area (Å²) in [7, 11) is 0. The van der Waals surface area contributed by atoms with Crippen LogP contribution in [0.1, 0.15) is 13.3 Å². The van der Waals surface area contributed by atoms with Gasteiger partial charge in [-0.05, 0) is 25.1 Å². The molecule has 0 saturated carbocycles. The lowest BCUT2D eigenvalue weighted by Gasteiger charge is -2.15. The lowest BCUT2D eigenvalue weighted by atomic mass is 10.2. The van der Waals surface area contributed by atoms with E-state index in [9.17, 15) is 4.39 Å². The summed E-state index contributed by atoms with van der Waals surface area (Å²) < 4.78 is 12.8. The fraction of sp³-hybridized carbons (Fsp3) is 0.300. The minimum absolute atomic E-state index is 0.0705. The molecule has 0 aliphatic carbocycles. The van der Waals surface area contributed by atoms with Gasteiger partial charge in [-0.15, -0.1) is 0 Å². The number of oxime groups is 1. The Hall–Kier alpha value is -1.49. The minimum atomic E-state index is -0.389. The van der Waals surface area contributed by atoms with Gasteiger partial charge < -0.3 is 16.3 Å². The van der Waals surface area contributed by atoms with Crippen LogP contribution >= 0.6 is 11.6 Å². The molecule has 1 atom stereocenters. The molecule has 0 aliphatic heterocycles. The van der Waals surface area contributed by atoms with Crippen LogP contribution in [0.5, 0.6) is 0 Å². The molecule has 0 aromatic heterocycles.